The average Bonchev–Trinajstić information content (AvgIpc) is 3.18. The van der Waals surface area contributed by atoms with Crippen LogP contribution in [0.5, 0.6) is 0 Å². The molecule has 172 valence electrons. The van der Waals surface area contributed by atoms with E-state index in [1.807, 2.05) is 54.6 Å². The molecular weight excluding hydrogens is 441 g/mol. The number of ether oxygens (including phenoxy) is 1. The Morgan fingerprint density at radius 2 is 1.91 bits per heavy atom. The molecule has 1 heterocycles. The van der Waals surface area contributed by atoms with E-state index >= 15 is 0 Å². The molecule has 1 unspecified atom stereocenters. The second-order valence-corrected chi connectivity index (χ2v) is 8.96. The second kappa shape index (κ2) is 10.0. The number of carbonyl (C=O) groups is 1. The zero-order valence-corrected chi connectivity index (χ0v) is 19.3. The van der Waals surface area contributed by atoms with Gasteiger partial charge in [-0.15, -0.1) is 0 Å². The van der Waals surface area contributed by atoms with Crippen LogP contribution in [0.1, 0.15) is 35.1 Å². The summed E-state index contributed by atoms with van der Waals surface area (Å²) in [5.74, 6) is -0.839. The van der Waals surface area contributed by atoms with Gasteiger partial charge in [-0.25, -0.2) is 4.39 Å². The van der Waals surface area contributed by atoms with E-state index in [0.717, 1.165) is 34.2 Å². The first-order valence-electron chi connectivity index (χ1n) is 11.0. The van der Waals surface area contributed by atoms with E-state index in [9.17, 15) is 9.18 Å². The Hall–Kier alpha value is -2.73. The van der Waals surface area contributed by atoms with E-state index in [1.165, 1.54) is 0 Å². The van der Waals surface area contributed by atoms with Gasteiger partial charge in [0.25, 0.3) is 0 Å². The minimum atomic E-state index is -0.839. The third-order valence-corrected chi connectivity index (χ3v) is 6.52. The largest absolute Gasteiger partial charge is 0.480 e. The maximum atomic E-state index is 13.5. The lowest BCUT2D eigenvalue weighted by Gasteiger charge is -2.31. The fourth-order valence-corrected chi connectivity index (χ4v) is 4.81. The summed E-state index contributed by atoms with van der Waals surface area (Å²) >= 11 is 6.14. The highest BCUT2D eigenvalue weighted by molar-refractivity contribution is 6.30. The number of rotatable bonds is 9. The van der Waals surface area contributed by atoms with Crippen LogP contribution in [0.3, 0.4) is 0 Å². The van der Waals surface area contributed by atoms with Gasteiger partial charge in [0.2, 0.25) is 0 Å². The minimum Gasteiger partial charge on any atom is -0.480 e. The number of fused-ring (bicyclic) bond motifs is 1. The maximum Gasteiger partial charge on any atom is 0.317 e. The Morgan fingerprint density at radius 1 is 1.15 bits per heavy atom. The van der Waals surface area contributed by atoms with Crippen LogP contribution in [-0.2, 0) is 28.4 Å². The van der Waals surface area contributed by atoms with Crippen molar-refractivity contribution in [3.05, 3.63) is 94.0 Å². The average molecular weight is 468 g/mol. The molecular formula is C27H27ClFNO3. The molecule has 4 rings (SSSR count). The Morgan fingerprint density at radius 3 is 2.64 bits per heavy atom. The second-order valence-electron chi connectivity index (χ2n) is 8.52. The molecule has 0 bridgehead atoms. The first-order chi connectivity index (χ1) is 15.9. The van der Waals surface area contributed by atoms with Crippen LogP contribution in [0.25, 0.3) is 11.1 Å². The first kappa shape index (κ1) is 23.4. The van der Waals surface area contributed by atoms with Crippen molar-refractivity contribution >= 4 is 17.6 Å². The van der Waals surface area contributed by atoms with Gasteiger partial charge < -0.3 is 9.84 Å². The summed E-state index contributed by atoms with van der Waals surface area (Å²) in [6.07, 6.45) is 1.46. The Bertz CT molecular complexity index is 1130. The van der Waals surface area contributed by atoms with Gasteiger partial charge in [0.05, 0.1) is 13.2 Å². The van der Waals surface area contributed by atoms with Crippen molar-refractivity contribution in [3.63, 3.8) is 0 Å². The Balaban J connectivity index is 1.67. The standard InChI is InChI=1S/C27H27ClFNO3/c1-30(17-26(31)32)14-4-13-27(22-8-10-23(28)11-9-22)25-12-7-19(15-21(25)18-33-27)24-6-3-2-5-20(24)16-29/h2-3,5-12,15H,4,13-14,16-18H2,1H3,(H,31,32). The SMILES string of the molecule is CN(CCCC1(c2ccc(Cl)cc2)OCc2cc(-c3ccccc3CF)ccc21)CC(=O)O. The molecule has 0 spiro atoms. The molecule has 0 aromatic heterocycles. The van der Waals surface area contributed by atoms with Crippen LogP contribution in [0.15, 0.2) is 66.7 Å². The number of hydrogen-bond acceptors (Lipinski definition) is 3. The fraction of sp³-hybridized carbons (Fsp3) is 0.296. The third kappa shape index (κ3) is 4.96. The monoisotopic (exact) mass is 467 g/mol. The van der Waals surface area contributed by atoms with Crippen LogP contribution in [0.4, 0.5) is 4.39 Å². The molecule has 0 saturated carbocycles. The molecule has 1 aliphatic rings. The van der Waals surface area contributed by atoms with Crippen LogP contribution in [0.2, 0.25) is 5.02 Å². The first-order valence-corrected chi connectivity index (χ1v) is 11.4. The molecule has 0 radical (unpaired) electrons. The van der Waals surface area contributed by atoms with E-state index in [4.69, 9.17) is 21.4 Å². The number of aliphatic carboxylic acids is 1. The number of nitrogens with zero attached hydrogens (tertiary/aromatic N) is 1. The number of carboxylic acid groups (broad SMARTS) is 1. The van der Waals surface area contributed by atoms with E-state index in [0.29, 0.717) is 30.2 Å². The summed E-state index contributed by atoms with van der Waals surface area (Å²) in [6, 6.07) is 21.4. The highest BCUT2D eigenvalue weighted by Gasteiger charge is 2.41. The molecule has 0 aliphatic carbocycles. The molecule has 0 amide bonds. The van der Waals surface area contributed by atoms with Gasteiger partial charge >= 0.3 is 5.97 Å². The highest BCUT2D eigenvalue weighted by Crippen LogP contribution is 2.46. The van der Waals surface area contributed by atoms with Crippen molar-refractivity contribution in [2.45, 2.75) is 31.7 Å². The molecule has 1 N–H and O–H groups in total. The van der Waals surface area contributed by atoms with E-state index in [-0.39, 0.29) is 6.54 Å². The van der Waals surface area contributed by atoms with Crippen molar-refractivity contribution in [3.8, 4) is 11.1 Å². The predicted octanol–water partition coefficient (Wildman–Crippen LogP) is 6.05. The summed E-state index contributed by atoms with van der Waals surface area (Å²) in [4.78, 5) is 12.8. The maximum absolute atomic E-state index is 13.5. The van der Waals surface area contributed by atoms with Gasteiger partial charge in [-0.3, -0.25) is 9.69 Å². The lowest BCUT2D eigenvalue weighted by atomic mass is 9.81. The van der Waals surface area contributed by atoms with Gasteiger partial charge in [0, 0.05) is 5.02 Å². The van der Waals surface area contributed by atoms with Crippen molar-refractivity contribution < 1.29 is 19.0 Å². The third-order valence-electron chi connectivity index (χ3n) is 6.27. The topological polar surface area (TPSA) is 49.8 Å². The molecule has 6 heteroatoms. The van der Waals surface area contributed by atoms with Gasteiger partial charge in [0.15, 0.2) is 0 Å². The molecule has 3 aromatic rings. The molecule has 1 aliphatic heterocycles. The van der Waals surface area contributed by atoms with Crippen LogP contribution < -0.4 is 0 Å². The molecule has 33 heavy (non-hydrogen) atoms. The van der Waals surface area contributed by atoms with E-state index in [1.54, 1.807) is 11.9 Å². The van der Waals surface area contributed by atoms with Crippen LogP contribution >= 0.6 is 11.6 Å². The molecule has 3 aromatic carbocycles. The van der Waals surface area contributed by atoms with Crippen molar-refractivity contribution in [2.24, 2.45) is 0 Å². The summed E-state index contributed by atoms with van der Waals surface area (Å²) in [6.45, 7) is 0.585. The van der Waals surface area contributed by atoms with Crippen molar-refractivity contribution in [2.75, 3.05) is 20.1 Å². The van der Waals surface area contributed by atoms with Gasteiger partial charge in [-0.05, 0) is 78.0 Å². The molecule has 1 atom stereocenters. The molecule has 0 saturated heterocycles. The minimum absolute atomic E-state index is 0.00271. The van der Waals surface area contributed by atoms with Crippen LogP contribution in [-0.4, -0.2) is 36.1 Å². The van der Waals surface area contributed by atoms with Gasteiger partial charge in [-0.1, -0.05) is 60.1 Å². The number of halogens is 2. The fourth-order valence-electron chi connectivity index (χ4n) is 4.69. The zero-order chi connectivity index (χ0) is 23.4. The smallest absolute Gasteiger partial charge is 0.317 e. The molecule has 0 fully saturated rings. The summed E-state index contributed by atoms with van der Waals surface area (Å²) in [5, 5.41) is 9.69. The molecule has 4 nitrogen and oxygen atoms in total. The van der Waals surface area contributed by atoms with Crippen molar-refractivity contribution in [1.82, 2.24) is 4.90 Å². The summed E-state index contributed by atoms with van der Waals surface area (Å²) in [5.41, 5.74) is 5.08. The summed E-state index contributed by atoms with van der Waals surface area (Å²) in [7, 11) is 1.81. The lowest BCUT2D eigenvalue weighted by molar-refractivity contribution is -0.138. The van der Waals surface area contributed by atoms with E-state index < -0.39 is 18.2 Å². The van der Waals surface area contributed by atoms with Crippen LogP contribution in [0, 0.1) is 0 Å². The number of likely N-dealkylation sites (N-methyl/N-ethyl adjacent to an activating group) is 1. The Labute approximate surface area is 198 Å². The quantitative estimate of drug-likeness (QED) is 0.416. The number of hydrogen-bond donors (Lipinski definition) is 1. The number of carboxylic acids is 1. The van der Waals surface area contributed by atoms with E-state index in [2.05, 4.69) is 12.1 Å². The zero-order valence-electron chi connectivity index (χ0n) is 18.6. The Kier molecular flexibility index (Phi) is 7.13. The summed E-state index contributed by atoms with van der Waals surface area (Å²) < 4.78 is 20.0. The normalized spacial score (nSPS) is 17.3. The number of benzene rings is 3. The predicted molar refractivity (Wildman–Crippen MR) is 128 cm³/mol. The van der Waals surface area contributed by atoms with Gasteiger partial charge in [-0.2, -0.15) is 0 Å². The van der Waals surface area contributed by atoms with Gasteiger partial charge in [0.1, 0.15) is 12.3 Å². The lowest BCUT2D eigenvalue weighted by Crippen LogP contribution is -2.31. The highest BCUT2D eigenvalue weighted by atomic mass is 35.5. The van der Waals surface area contributed by atoms with Crippen molar-refractivity contribution in [1.29, 1.82) is 0 Å². The number of alkyl halides is 1.